The molecule has 5 heteroatoms. The summed E-state index contributed by atoms with van der Waals surface area (Å²) in [6.45, 7) is 0.797. The van der Waals surface area contributed by atoms with Gasteiger partial charge in [-0.05, 0) is 38.2 Å². The number of hydrogen-bond donors (Lipinski definition) is 2. The van der Waals surface area contributed by atoms with Gasteiger partial charge in [-0.3, -0.25) is 9.89 Å². The van der Waals surface area contributed by atoms with Crippen LogP contribution in [0.25, 0.3) is 0 Å². The largest absolute Gasteiger partial charge is 0.393 e. The monoisotopic (exact) mass is 263 g/mol. The van der Waals surface area contributed by atoms with E-state index in [1.807, 2.05) is 4.90 Å². The SMILES string of the molecule is O=C(c1ccn[nH]1)N1CCCCC1C1CCCC1O. The number of aliphatic hydroxyl groups excluding tert-OH is 1. The predicted molar refractivity (Wildman–Crippen MR) is 70.6 cm³/mol. The van der Waals surface area contributed by atoms with Crippen LogP contribution in [0, 0.1) is 5.92 Å². The molecule has 2 N–H and O–H groups in total. The highest BCUT2D eigenvalue weighted by molar-refractivity contribution is 5.92. The molecule has 0 aromatic carbocycles. The van der Waals surface area contributed by atoms with Crippen molar-refractivity contribution in [2.24, 2.45) is 5.92 Å². The molecule has 0 bridgehead atoms. The Morgan fingerprint density at radius 1 is 1.32 bits per heavy atom. The zero-order valence-corrected chi connectivity index (χ0v) is 11.1. The van der Waals surface area contributed by atoms with Crippen molar-refractivity contribution in [3.8, 4) is 0 Å². The summed E-state index contributed by atoms with van der Waals surface area (Å²) in [7, 11) is 0. The number of rotatable bonds is 2. The second kappa shape index (κ2) is 5.33. The average Bonchev–Trinajstić information content (AvgIpc) is 3.09. The molecule has 3 rings (SSSR count). The van der Waals surface area contributed by atoms with Crippen molar-refractivity contribution in [2.75, 3.05) is 6.54 Å². The van der Waals surface area contributed by atoms with Gasteiger partial charge in [-0.25, -0.2) is 0 Å². The minimum atomic E-state index is -0.236. The smallest absolute Gasteiger partial charge is 0.272 e. The van der Waals surface area contributed by atoms with E-state index in [2.05, 4.69) is 10.2 Å². The minimum Gasteiger partial charge on any atom is -0.393 e. The quantitative estimate of drug-likeness (QED) is 0.851. The highest BCUT2D eigenvalue weighted by atomic mass is 16.3. The molecule has 2 heterocycles. The summed E-state index contributed by atoms with van der Waals surface area (Å²) in [4.78, 5) is 14.5. The number of hydrogen-bond acceptors (Lipinski definition) is 3. The molecule has 1 aromatic rings. The molecule has 1 saturated carbocycles. The molecule has 1 aromatic heterocycles. The number of aromatic amines is 1. The first-order chi connectivity index (χ1) is 9.27. The van der Waals surface area contributed by atoms with Gasteiger partial charge in [0.15, 0.2) is 0 Å². The van der Waals surface area contributed by atoms with Crippen LogP contribution in [-0.4, -0.2) is 44.8 Å². The third-order valence-electron chi connectivity index (χ3n) is 4.57. The Morgan fingerprint density at radius 3 is 2.89 bits per heavy atom. The molecule has 0 radical (unpaired) electrons. The molecule has 1 aliphatic heterocycles. The van der Waals surface area contributed by atoms with Crippen LogP contribution in [-0.2, 0) is 0 Å². The summed E-state index contributed by atoms with van der Waals surface area (Å²) in [5.74, 6) is 0.286. The maximum absolute atomic E-state index is 12.5. The van der Waals surface area contributed by atoms with Crippen LogP contribution < -0.4 is 0 Å². The van der Waals surface area contributed by atoms with E-state index in [1.165, 1.54) is 0 Å². The Hall–Kier alpha value is -1.36. The fourth-order valence-corrected chi connectivity index (χ4v) is 3.60. The number of aliphatic hydroxyl groups is 1. The van der Waals surface area contributed by atoms with Crippen molar-refractivity contribution in [3.05, 3.63) is 18.0 Å². The molecular formula is C14H21N3O2. The predicted octanol–water partition coefficient (Wildman–Crippen LogP) is 1.57. The highest BCUT2D eigenvalue weighted by Crippen LogP contribution is 2.35. The van der Waals surface area contributed by atoms with Gasteiger partial charge in [0.05, 0.1) is 6.10 Å². The minimum absolute atomic E-state index is 0.0290. The summed E-state index contributed by atoms with van der Waals surface area (Å²) in [6.07, 6.45) is 7.60. The summed E-state index contributed by atoms with van der Waals surface area (Å²) >= 11 is 0. The fourth-order valence-electron chi connectivity index (χ4n) is 3.60. The Bertz CT molecular complexity index is 432. The summed E-state index contributed by atoms with van der Waals surface area (Å²) in [6, 6.07) is 1.92. The zero-order valence-electron chi connectivity index (χ0n) is 11.1. The lowest BCUT2D eigenvalue weighted by molar-refractivity contribution is 0.0283. The summed E-state index contributed by atoms with van der Waals surface area (Å²) in [5, 5.41) is 16.7. The van der Waals surface area contributed by atoms with Gasteiger partial charge in [0.2, 0.25) is 0 Å². The van der Waals surface area contributed by atoms with E-state index in [4.69, 9.17) is 0 Å². The molecule has 19 heavy (non-hydrogen) atoms. The van der Waals surface area contributed by atoms with Crippen molar-refractivity contribution in [1.29, 1.82) is 0 Å². The average molecular weight is 263 g/mol. The van der Waals surface area contributed by atoms with Crippen LogP contribution >= 0.6 is 0 Å². The van der Waals surface area contributed by atoms with Crippen LogP contribution in [0.4, 0.5) is 0 Å². The Morgan fingerprint density at radius 2 is 2.21 bits per heavy atom. The number of likely N-dealkylation sites (tertiary alicyclic amines) is 1. The lowest BCUT2D eigenvalue weighted by atomic mass is 9.87. The summed E-state index contributed by atoms with van der Waals surface area (Å²) in [5.41, 5.74) is 0.555. The van der Waals surface area contributed by atoms with Gasteiger partial charge >= 0.3 is 0 Å². The van der Waals surface area contributed by atoms with Crippen LogP contribution in [0.1, 0.15) is 49.0 Å². The van der Waals surface area contributed by atoms with Gasteiger partial charge in [-0.1, -0.05) is 6.42 Å². The van der Waals surface area contributed by atoms with E-state index in [1.54, 1.807) is 12.3 Å². The van der Waals surface area contributed by atoms with E-state index in [9.17, 15) is 9.90 Å². The number of piperidine rings is 1. The van der Waals surface area contributed by atoms with Gasteiger partial charge in [0.1, 0.15) is 5.69 Å². The maximum atomic E-state index is 12.5. The van der Waals surface area contributed by atoms with Crippen LogP contribution in [0.3, 0.4) is 0 Å². The number of carbonyl (C=O) groups excluding carboxylic acids is 1. The molecule has 2 aliphatic rings. The zero-order chi connectivity index (χ0) is 13.2. The van der Waals surface area contributed by atoms with E-state index in [0.29, 0.717) is 5.69 Å². The van der Waals surface area contributed by atoms with Crippen molar-refractivity contribution < 1.29 is 9.90 Å². The van der Waals surface area contributed by atoms with Crippen molar-refractivity contribution in [1.82, 2.24) is 15.1 Å². The third kappa shape index (κ3) is 2.39. The second-order valence-electron chi connectivity index (χ2n) is 5.69. The Kier molecular flexibility index (Phi) is 3.55. The first-order valence-corrected chi connectivity index (χ1v) is 7.26. The van der Waals surface area contributed by atoms with Gasteiger partial charge in [0, 0.05) is 24.7 Å². The van der Waals surface area contributed by atoms with Crippen LogP contribution in [0.2, 0.25) is 0 Å². The lowest BCUT2D eigenvalue weighted by Gasteiger charge is -2.40. The highest BCUT2D eigenvalue weighted by Gasteiger charge is 2.39. The molecule has 104 valence electrons. The topological polar surface area (TPSA) is 69.2 Å². The van der Waals surface area contributed by atoms with E-state index >= 15 is 0 Å². The number of aromatic nitrogens is 2. The fraction of sp³-hybridized carbons (Fsp3) is 0.714. The van der Waals surface area contributed by atoms with Crippen LogP contribution in [0.15, 0.2) is 12.3 Å². The van der Waals surface area contributed by atoms with Gasteiger partial charge in [-0.15, -0.1) is 0 Å². The number of nitrogens with one attached hydrogen (secondary N) is 1. The van der Waals surface area contributed by atoms with Crippen molar-refractivity contribution in [2.45, 2.75) is 50.7 Å². The lowest BCUT2D eigenvalue weighted by Crippen LogP contribution is -2.49. The second-order valence-corrected chi connectivity index (χ2v) is 5.69. The van der Waals surface area contributed by atoms with Crippen molar-refractivity contribution >= 4 is 5.91 Å². The maximum Gasteiger partial charge on any atom is 0.272 e. The molecule has 5 nitrogen and oxygen atoms in total. The van der Waals surface area contributed by atoms with Gasteiger partial charge < -0.3 is 10.0 Å². The van der Waals surface area contributed by atoms with Crippen molar-refractivity contribution in [3.63, 3.8) is 0 Å². The molecule has 1 aliphatic carbocycles. The summed E-state index contributed by atoms with van der Waals surface area (Å²) < 4.78 is 0. The number of amides is 1. The van der Waals surface area contributed by atoms with E-state index in [0.717, 1.165) is 45.1 Å². The normalized spacial score (nSPS) is 31.6. The molecule has 3 atom stereocenters. The molecule has 2 fully saturated rings. The number of carbonyl (C=O) groups is 1. The Balaban J connectivity index is 1.79. The Labute approximate surface area is 113 Å². The van der Waals surface area contributed by atoms with Gasteiger partial charge in [-0.2, -0.15) is 5.10 Å². The van der Waals surface area contributed by atoms with E-state index in [-0.39, 0.29) is 24.0 Å². The molecule has 0 spiro atoms. The van der Waals surface area contributed by atoms with Gasteiger partial charge in [0.25, 0.3) is 5.91 Å². The van der Waals surface area contributed by atoms with E-state index < -0.39 is 0 Å². The number of H-pyrrole nitrogens is 1. The van der Waals surface area contributed by atoms with Crippen LogP contribution in [0.5, 0.6) is 0 Å². The third-order valence-corrected chi connectivity index (χ3v) is 4.57. The standard InChI is InChI=1S/C14H21N3O2/c18-13-6-3-4-10(13)12-5-1-2-9-17(12)14(19)11-7-8-15-16-11/h7-8,10,12-13,18H,1-6,9H2,(H,15,16). The molecular weight excluding hydrogens is 242 g/mol. The molecule has 3 unspecified atom stereocenters. The number of nitrogens with zero attached hydrogens (tertiary/aromatic N) is 2. The molecule has 1 amide bonds. The first-order valence-electron chi connectivity index (χ1n) is 7.26. The first kappa shape index (κ1) is 12.7. The molecule has 1 saturated heterocycles.